The highest BCUT2D eigenvalue weighted by molar-refractivity contribution is 5.89. The van der Waals surface area contributed by atoms with E-state index in [0.717, 1.165) is 0 Å². The maximum atomic E-state index is 14.3. The van der Waals surface area contributed by atoms with Crippen LogP contribution >= 0.6 is 0 Å². The number of likely N-dealkylation sites (N-methyl/N-ethyl adjacent to an activating group) is 1. The minimum atomic E-state index is -1.88. The van der Waals surface area contributed by atoms with Crippen LogP contribution in [0.25, 0.3) is 0 Å². The monoisotopic (exact) mass is 762 g/mol. The van der Waals surface area contributed by atoms with Crippen molar-refractivity contribution in [3.05, 3.63) is 0 Å². The van der Waals surface area contributed by atoms with Gasteiger partial charge >= 0.3 is 5.97 Å². The molecule has 310 valence electrons. The molecule has 0 aromatic carbocycles. The first-order valence-electron chi connectivity index (χ1n) is 19.2. The lowest BCUT2D eigenvalue weighted by Crippen LogP contribution is -2.61. The number of carbonyl (C=O) groups excluding carboxylic acids is 1. The maximum Gasteiger partial charge on any atom is 0.311 e. The summed E-state index contributed by atoms with van der Waals surface area (Å²) in [4.78, 5) is 16.2. The van der Waals surface area contributed by atoms with Crippen molar-refractivity contribution in [2.24, 2.45) is 34.6 Å². The summed E-state index contributed by atoms with van der Waals surface area (Å²) in [5, 5.41) is 50.1. The average Bonchev–Trinajstić information content (AvgIpc) is 3.10. The number of aliphatic hydroxyl groups is 4. The fraction of sp³-hybridized carbons (Fsp3) is 0.947. The van der Waals surface area contributed by atoms with E-state index in [1.54, 1.807) is 41.7 Å². The Labute approximate surface area is 316 Å². The molecule has 15 heteroatoms. The van der Waals surface area contributed by atoms with E-state index in [4.69, 9.17) is 39.0 Å². The third kappa shape index (κ3) is 9.73. The Morgan fingerprint density at radius 2 is 1.51 bits per heavy atom. The van der Waals surface area contributed by atoms with Crippen molar-refractivity contribution in [3.8, 4) is 0 Å². The Kier molecular flexibility index (Phi) is 15.7. The van der Waals surface area contributed by atoms with Crippen LogP contribution in [0.1, 0.15) is 94.9 Å². The van der Waals surface area contributed by atoms with Crippen LogP contribution in [0.15, 0.2) is 5.10 Å². The van der Waals surface area contributed by atoms with Gasteiger partial charge in [-0.05, 0) is 80.8 Å². The van der Waals surface area contributed by atoms with Gasteiger partial charge in [0.2, 0.25) is 0 Å². The van der Waals surface area contributed by atoms with Crippen molar-refractivity contribution in [1.29, 1.82) is 0 Å². The molecule has 3 aliphatic rings. The molecule has 0 saturated carbocycles. The van der Waals surface area contributed by atoms with Crippen LogP contribution in [0.4, 0.5) is 0 Å². The van der Waals surface area contributed by atoms with Crippen LogP contribution < -0.4 is 5.84 Å². The predicted octanol–water partition coefficient (Wildman–Crippen LogP) is 2.19. The number of esters is 1. The van der Waals surface area contributed by atoms with Gasteiger partial charge in [-0.3, -0.25) is 4.79 Å². The quantitative estimate of drug-likeness (QED) is 0.137. The second-order valence-electron chi connectivity index (χ2n) is 16.8. The number of hydrazone groups is 1. The van der Waals surface area contributed by atoms with Gasteiger partial charge in [-0.15, -0.1) is 0 Å². The van der Waals surface area contributed by atoms with E-state index in [-0.39, 0.29) is 31.4 Å². The Morgan fingerprint density at radius 3 is 2.04 bits per heavy atom. The van der Waals surface area contributed by atoms with Crippen LogP contribution in [0.5, 0.6) is 0 Å². The molecule has 0 bridgehead atoms. The van der Waals surface area contributed by atoms with Crippen molar-refractivity contribution >= 4 is 11.7 Å². The number of nitrogens with zero attached hydrogens (tertiary/aromatic N) is 2. The molecule has 0 spiro atoms. The standard InChI is InChI=1S/C38H71N3O12/c1-15-26-38(10,46)31(43)21(4)28(40-39)19(2)17-37(9,48-14)33(53-35-29(42)25(41(11)12)16-20(3)49-35)22(5)30(23(6)34(45)51-26)52-27-18-36(8,47-13)32(44)24(7)50-27/h19-27,29-33,35,42-44,46H,15-18,39H2,1-14H3/b40-28+/t19-,20-,21+,22+,23-,24+,25+,26-,27+,29-,30+,31-,32+,33-,35+,36-,37-,38-/m1/s1. The number of methoxy groups -OCH3 is 2. The first-order chi connectivity index (χ1) is 24.5. The zero-order chi connectivity index (χ0) is 40.4. The molecule has 53 heavy (non-hydrogen) atoms. The Bertz CT molecular complexity index is 1220. The molecule has 3 saturated heterocycles. The number of aliphatic hydroxyl groups excluding tert-OH is 3. The molecule has 6 N–H and O–H groups in total. The second-order valence-corrected chi connectivity index (χ2v) is 16.8. The molecule has 0 unspecified atom stereocenters. The van der Waals surface area contributed by atoms with Crippen LogP contribution in [-0.2, 0) is 38.0 Å². The van der Waals surface area contributed by atoms with Crippen LogP contribution in [0, 0.1) is 23.7 Å². The van der Waals surface area contributed by atoms with Gasteiger partial charge in [0.05, 0.1) is 47.6 Å². The van der Waals surface area contributed by atoms with Crippen LogP contribution in [0.3, 0.4) is 0 Å². The summed E-state index contributed by atoms with van der Waals surface area (Å²) in [6, 6.07) is -0.265. The normalized spacial score (nSPS) is 49.1. The summed E-state index contributed by atoms with van der Waals surface area (Å²) >= 11 is 0. The molecule has 3 heterocycles. The second kappa shape index (κ2) is 18.2. The van der Waals surface area contributed by atoms with Crippen molar-refractivity contribution in [2.75, 3.05) is 28.3 Å². The van der Waals surface area contributed by atoms with Gasteiger partial charge in [-0.1, -0.05) is 27.7 Å². The van der Waals surface area contributed by atoms with Crippen molar-refractivity contribution in [2.45, 2.75) is 179 Å². The number of nitrogens with two attached hydrogens (primary N) is 1. The highest BCUT2D eigenvalue weighted by atomic mass is 16.7. The lowest BCUT2D eigenvalue weighted by Gasteiger charge is -2.50. The molecule has 3 fully saturated rings. The minimum Gasteiger partial charge on any atom is -0.459 e. The molecule has 3 aliphatic heterocycles. The number of cyclic esters (lactones) is 1. The molecular formula is C38H71N3O12. The summed E-state index contributed by atoms with van der Waals surface area (Å²) in [7, 11) is 6.86. The predicted molar refractivity (Wildman–Crippen MR) is 198 cm³/mol. The summed E-state index contributed by atoms with van der Waals surface area (Å²) in [5.74, 6) is 2.50. The third-order valence-electron chi connectivity index (χ3n) is 12.5. The Morgan fingerprint density at radius 1 is 0.906 bits per heavy atom. The van der Waals surface area contributed by atoms with Gasteiger partial charge in [-0.2, -0.15) is 5.10 Å². The molecule has 18 atom stereocenters. The number of hydrogen-bond acceptors (Lipinski definition) is 15. The Hall–Kier alpha value is -1.50. The largest absolute Gasteiger partial charge is 0.459 e. The molecular weight excluding hydrogens is 690 g/mol. The minimum absolute atomic E-state index is 0.142. The number of rotatable bonds is 8. The van der Waals surface area contributed by atoms with Crippen molar-refractivity contribution in [1.82, 2.24) is 4.90 Å². The van der Waals surface area contributed by atoms with Crippen LogP contribution in [-0.4, -0.2) is 150 Å². The molecule has 0 radical (unpaired) electrons. The van der Waals surface area contributed by atoms with E-state index in [9.17, 15) is 25.2 Å². The highest BCUT2D eigenvalue weighted by Crippen LogP contribution is 2.42. The van der Waals surface area contributed by atoms with Gasteiger partial charge < -0.3 is 64.3 Å². The van der Waals surface area contributed by atoms with Gasteiger partial charge in [0, 0.05) is 44.2 Å². The molecule has 0 amide bonds. The van der Waals surface area contributed by atoms with Gasteiger partial charge in [0.1, 0.15) is 23.9 Å². The fourth-order valence-corrected chi connectivity index (χ4v) is 8.84. The molecule has 3 rings (SSSR count). The van der Waals surface area contributed by atoms with Crippen LogP contribution in [0.2, 0.25) is 0 Å². The van der Waals surface area contributed by atoms with E-state index < -0.39 is 102 Å². The average molecular weight is 762 g/mol. The van der Waals surface area contributed by atoms with E-state index in [1.165, 1.54) is 14.0 Å². The van der Waals surface area contributed by atoms with E-state index >= 15 is 0 Å². The highest BCUT2D eigenvalue weighted by Gasteiger charge is 2.54. The molecule has 0 aromatic heterocycles. The lowest BCUT2D eigenvalue weighted by molar-refractivity contribution is -0.319. The molecule has 0 aromatic rings. The van der Waals surface area contributed by atoms with E-state index in [2.05, 4.69) is 5.10 Å². The lowest BCUT2D eigenvalue weighted by atomic mass is 9.73. The van der Waals surface area contributed by atoms with Gasteiger partial charge in [0.25, 0.3) is 0 Å². The summed E-state index contributed by atoms with van der Waals surface area (Å²) in [6.07, 6.45) is -8.11. The number of hydrogen-bond donors (Lipinski definition) is 5. The Balaban J connectivity index is 2.25. The SMILES string of the molecule is CC[C@H]1OC(=O)[C@H](C)[C@@H](O[C@H]2C[C@@](C)(OC)[C@@H](O)[C@H](C)O2)[C@H](C)[C@@H](O[C@@H]2O[C@H](C)C[C@H](N(C)C)[C@H]2O)[C@](C)(OC)C[C@@H](C)/C(=N\N)[C@H](C)[C@@H](O)[C@]1(C)O. The van der Waals surface area contributed by atoms with Gasteiger partial charge in [0.15, 0.2) is 12.6 Å². The molecule has 0 aliphatic carbocycles. The van der Waals surface area contributed by atoms with E-state index in [1.807, 2.05) is 46.7 Å². The number of carbonyl (C=O) groups is 1. The number of ether oxygens (including phenoxy) is 7. The summed E-state index contributed by atoms with van der Waals surface area (Å²) < 4.78 is 44.3. The zero-order valence-electron chi connectivity index (χ0n) is 34.5. The molecule has 15 nitrogen and oxygen atoms in total. The van der Waals surface area contributed by atoms with Crippen molar-refractivity contribution < 1.29 is 58.4 Å². The zero-order valence-corrected chi connectivity index (χ0v) is 34.5. The fourth-order valence-electron chi connectivity index (χ4n) is 8.84. The first-order valence-corrected chi connectivity index (χ1v) is 19.2. The van der Waals surface area contributed by atoms with Gasteiger partial charge in [-0.25, -0.2) is 0 Å². The summed E-state index contributed by atoms with van der Waals surface area (Å²) in [5.41, 5.74) is -3.65. The van der Waals surface area contributed by atoms with Crippen molar-refractivity contribution in [3.63, 3.8) is 0 Å². The smallest absolute Gasteiger partial charge is 0.311 e. The summed E-state index contributed by atoms with van der Waals surface area (Å²) in [6.45, 7) is 17.7. The third-order valence-corrected chi connectivity index (χ3v) is 12.5. The van der Waals surface area contributed by atoms with E-state index in [0.29, 0.717) is 12.1 Å². The topological polar surface area (TPSA) is 204 Å². The first kappa shape index (κ1) is 45.9. The maximum absolute atomic E-state index is 14.3.